The van der Waals surface area contributed by atoms with Crippen molar-refractivity contribution in [3.63, 3.8) is 0 Å². The van der Waals surface area contributed by atoms with E-state index in [0.717, 1.165) is 6.42 Å². The van der Waals surface area contributed by atoms with E-state index in [9.17, 15) is 9.18 Å². The zero-order valence-electron chi connectivity index (χ0n) is 8.74. The Labute approximate surface area is 88.7 Å². The first-order valence-electron chi connectivity index (χ1n) is 5.11. The normalized spacial score (nSPS) is 12.4. The molecule has 0 radical (unpaired) electrons. The van der Waals surface area contributed by atoms with Gasteiger partial charge in [0.25, 0.3) is 0 Å². The lowest BCUT2D eigenvalue weighted by molar-refractivity contribution is -0.141. The number of aliphatic carboxylic acids is 1. The molecule has 0 aliphatic carbocycles. The maximum absolute atomic E-state index is 13.3. The van der Waals surface area contributed by atoms with Crippen LogP contribution in [0.2, 0.25) is 0 Å². The highest BCUT2D eigenvalue weighted by Crippen LogP contribution is 2.16. The van der Waals surface area contributed by atoms with Crippen molar-refractivity contribution in [3.8, 4) is 0 Å². The van der Waals surface area contributed by atoms with Crippen LogP contribution in [0.25, 0.3) is 0 Å². The highest BCUT2D eigenvalue weighted by Gasteiger charge is 2.18. The maximum Gasteiger partial charge on any atom is 0.306 e. The lowest BCUT2D eigenvalue weighted by atomic mass is 9.95. The fraction of sp³-hybridized carbons (Fsp3) is 0.417. The Hall–Kier alpha value is -1.38. The minimum absolute atomic E-state index is 0.274. The Morgan fingerprint density at radius 1 is 1.47 bits per heavy atom. The maximum atomic E-state index is 13.3. The van der Waals surface area contributed by atoms with Crippen LogP contribution in [0.15, 0.2) is 24.3 Å². The van der Waals surface area contributed by atoms with E-state index < -0.39 is 11.9 Å². The molecule has 1 aromatic carbocycles. The summed E-state index contributed by atoms with van der Waals surface area (Å²) in [6.07, 6.45) is 1.66. The van der Waals surface area contributed by atoms with Gasteiger partial charge in [-0.15, -0.1) is 0 Å². The first-order valence-corrected chi connectivity index (χ1v) is 5.11. The van der Waals surface area contributed by atoms with Crippen molar-refractivity contribution >= 4 is 5.97 Å². The molecule has 0 bridgehead atoms. The van der Waals surface area contributed by atoms with Crippen molar-refractivity contribution in [1.82, 2.24) is 0 Å². The van der Waals surface area contributed by atoms with Crippen molar-refractivity contribution in [2.24, 2.45) is 5.92 Å². The van der Waals surface area contributed by atoms with Gasteiger partial charge in [-0.05, 0) is 24.5 Å². The highest BCUT2D eigenvalue weighted by molar-refractivity contribution is 5.70. The number of hydrogen-bond donors (Lipinski definition) is 1. The molecule has 3 heteroatoms. The van der Waals surface area contributed by atoms with Crippen molar-refractivity contribution in [2.75, 3.05) is 0 Å². The molecule has 1 unspecified atom stereocenters. The Morgan fingerprint density at radius 3 is 2.67 bits per heavy atom. The third-order valence-corrected chi connectivity index (χ3v) is 2.41. The van der Waals surface area contributed by atoms with Crippen LogP contribution in [-0.2, 0) is 11.2 Å². The summed E-state index contributed by atoms with van der Waals surface area (Å²) in [6, 6.07) is 6.33. The van der Waals surface area contributed by atoms with Crippen molar-refractivity contribution in [2.45, 2.75) is 26.2 Å². The molecule has 2 nitrogen and oxygen atoms in total. The Morgan fingerprint density at radius 2 is 2.13 bits per heavy atom. The molecule has 0 aromatic heterocycles. The van der Waals surface area contributed by atoms with Crippen LogP contribution in [0.1, 0.15) is 25.3 Å². The van der Waals surface area contributed by atoms with Gasteiger partial charge in [-0.3, -0.25) is 4.79 Å². The standard InChI is InChI=1S/C12H15FO2/c1-2-5-10(12(14)15)8-9-6-3-4-7-11(9)13/h3-4,6-7,10H,2,5,8H2,1H3,(H,14,15). The molecular weight excluding hydrogens is 195 g/mol. The van der Waals surface area contributed by atoms with E-state index in [2.05, 4.69) is 0 Å². The monoisotopic (exact) mass is 210 g/mol. The van der Waals surface area contributed by atoms with E-state index in [1.807, 2.05) is 6.92 Å². The van der Waals surface area contributed by atoms with Gasteiger partial charge in [0.15, 0.2) is 0 Å². The lowest BCUT2D eigenvalue weighted by Crippen LogP contribution is -2.16. The molecule has 0 saturated heterocycles. The van der Waals surface area contributed by atoms with Gasteiger partial charge >= 0.3 is 5.97 Å². The predicted molar refractivity (Wildman–Crippen MR) is 56.1 cm³/mol. The Kier molecular flexibility index (Phi) is 4.28. The summed E-state index contributed by atoms with van der Waals surface area (Å²) in [7, 11) is 0. The fourth-order valence-electron chi connectivity index (χ4n) is 1.59. The van der Waals surface area contributed by atoms with Gasteiger partial charge in [0.05, 0.1) is 5.92 Å². The van der Waals surface area contributed by atoms with Crippen LogP contribution >= 0.6 is 0 Å². The second kappa shape index (κ2) is 5.49. The minimum atomic E-state index is -0.847. The third kappa shape index (κ3) is 3.35. The van der Waals surface area contributed by atoms with E-state index in [0.29, 0.717) is 12.0 Å². The van der Waals surface area contributed by atoms with Crippen LogP contribution in [0, 0.1) is 11.7 Å². The molecule has 0 aliphatic rings. The number of benzene rings is 1. The molecule has 15 heavy (non-hydrogen) atoms. The molecule has 0 heterocycles. The summed E-state index contributed by atoms with van der Waals surface area (Å²) in [5.74, 6) is -1.65. The van der Waals surface area contributed by atoms with Crippen molar-refractivity contribution < 1.29 is 14.3 Å². The third-order valence-electron chi connectivity index (χ3n) is 2.41. The molecule has 82 valence electrons. The summed E-state index contributed by atoms with van der Waals surface area (Å²) in [6.45, 7) is 1.93. The second-order valence-electron chi connectivity index (χ2n) is 3.62. The summed E-state index contributed by atoms with van der Waals surface area (Å²) >= 11 is 0. The quantitative estimate of drug-likeness (QED) is 0.811. The van der Waals surface area contributed by atoms with Gasteiger partial charge in [0.2, 0.25) is 0 Å². The van der Waals surface area contributed by atoms with Crippen molar-refractivity contribution in [3.05, 3.63) is 35.6 Å². The molecule has 1 N–H and O–H groups in total. The molecule has 0 aliphatic heterocycles. The van der Waals surface area contributed by atoms with Gasteiger partial charge < -0.3 is 5.11 Å². The lowest BCUT2D eigenvalue weighted by Gasteiger charge is -2.11. The molecule has 0 amide bonds. The van der Waals surface area contributed by atoms with E-state index in [-0.39, 0.29) is 12.2 Å². The van der Waals surface area contributed by atoms with Gasteiger partial charge in [-0.2, -0.15) is 0 Å². The van der Waals surface area contributed by atoms with Gasteiger partial charge in [-0.25, -0.2) is 4.39 Å². The topological polar surface area (TPSA) is 37.3 Å². The fourth-order valence-corrected chi connectivity index (χ4v) is 1.59. The van der Waals surface area contributed by atoms with Crippen molar-refractivity contribution in [1.29, 1.82) is 0 Å². The number of carboxylic acid groups (broad SMARTS) is 1. The zero-order chi connectivity index (χ0) is 11.3. The first-order chi connectivity index (χ1) is 7.15. The zero-order valence-corrected chi connectivity index (χ0v) is 8.74. The van der Waals surface area contributed by atoms with E-state index in [1.165, 1.54) is 6.07 Å². The molecule has 0 fully saturated rings. The summed E-state index contributed by atoms with van der Waals surface area (Å²) in [4.78, 5) is 10.9. The highest BCUT2D eigenvalue weighted by atomic mass is 19.1. The molecule has 0 spiro atoms. The van der Waals surface area contributed by atoms with Crippen LogP contribution in [-0.4, -0.2) is 11.1 Å². The van der Waals surface area contributed by atoms with E-state index >= 15 is 0 Å². The summed E-state index contributed by atoms with van der Waals surface area (Å²) < 4.78 is 13.3. The van der Waals surface area contributed by atoms with Crippen LogP contribution < -0.4 is 0 Å². The minimum Gasteiger partial charge on any atom is -0.481 e. The van der Waals surface area contributed by atoms with Gasteiger partial charge in [0.1, 0.15) is 5.82 Å². The largest absolute Gasteiger partial charge is 0.481 e. The van der Waals surface area contributed by atoms with Gasteiger partial charge in [0, 0.05) is 0 Å². The molecule has 0 saturated carbocycles. The SMILES string of the molecule is CCCC(Cc1ccccc1F)C(=O)O. The number of halogens is 1. The number of rotatable bonds is 5. The van der Waals surface area contributed by atoms with Crippen LogP contribution in [0.5, 0.6) is 0 Å². The van der Waals surface area contributed by atoms with Crippen LogP contribution in [0.4, 0.5) is 4.39 Å². The summed E-state index contributed by atoms with van der Waals surface area (Å²) in [5.41, 5.74) is 0.485. The average molecular weight is 210 g/mol. The second-order valence-corrected chi connectivity index (χ2v) is 3.62. The van der Waals surface area contributed by atoms with Crippen LogP contribution in [0.3, 0.4) is 0 Å². The Balaban J connectivity index is 2.74. The number of hydrogen-bond acceptors (Lipinski definition) is 1. The van der Waals surface area contributed by atoms with E-state index in [4.69, 9.17) is 5.11 Å². The first kappa shape index (κ1) is 11.7. The average Bonchev–Trinajstić information content (AvgIpc) is 2.20. The number of carboxylic acids is 1. The Bertz CT molecular complexity index is 336. The summed E-state index contributed by atoms with van der Waals surface area (Å²) in [5, 5.41) is 8.93. The molecular formula is C12H15FO2. The number of carbonyl (C=O) groups is 1. The molecule has 1 atom stereocenters. The molecule has 1 rings (SSSR count). The smallest absolute Gasteiger partial charge is 0.306 e. The molecule has 1 aromatic rings. The van der Waals surface area contributed by atoms with E-state index in [1.54, 1.807) is 18.2 Å². The van der Waals surface area contributed by atoms with Gasteiger partial charge in [-0.1, -0.05) is 31.5 Å². The predicted octanol–water partition coefficient (Wildman–Crippen LogP) is 2.87.